The third-order valence-corrected chi connectivity index (χ3v) is 4.76. The summed E-state index contributed by atoms with van der Waals surface area (Å²) in [6.07, 6.45) is 1.51. The van der Waals surface area contributed by atoms with Crippen LogP contribution < -0.4 is 10.0 Å². The molecule has 0 radical (unpaired) electrons. The van der Waals surface area contributed by atoms with Crippen LogP contribution in [0.15, 0.2) is 23.1 Å². The topological polar surface area (TPSA) is 58.2 Å². The summed E-state index contributed by atoms with van der Waals surface area (Å²) in [7, 11) is -4.05. The molecule has 106 valence electrons. The Balaban J connectivity index is 2.24. The Labute approximate surface area is 111 Å². The first-order chi connectivity index (χ1) is 8.90. The molecule has 0 saturated carbocycles. The molecule has 1 heterocycles. The third-order valence-electron chi connectivity index (χ3n) is 3.25. The number of rotatable bonds is 3. The minimum atomic E-state index is -4.05. The first-order valence-electron chi connectivity index (χ1n) is 6.11. The van der Waals surface area contributed by atoms with Crippen LogP contribution in [0.3, 0.4) is 0 Å². The molecular weight excluding hydrogens is 274 g/mol. The highest BCUT2D eigenvalue weighted by atomic mass is 32.2. The highest BCUT2D eigenvalue weighted by molar-refractivity contribution is 7.89. The molecule has 0 amide bonds. The second-order valence-corrected chi connectivity index (χ2v) is 6.37. The molecule has 1 fully saturated rings. The number of hydrogen-bond acceptors (Lipinski definition) is 3. The van der Waals surface area contributed by atoms with Crippen molar-refractivity contribution in [3.8, 4) is 0 Å². The Bertz CT molecular complexity index is 563. The second-order valence-electron chi connectivity index (χ2n) is 4.69. The average Bonchev–Trinajstić information content (AvgIpc) is 2.35. The van der Waals surface area contributed by atoms with Gasteiger partial charge in [0.05, 0.1) is 0 Å². The standard InChI is InChI=1S/C12H16F2N2O2S/c1-8-11(3-2-6-15-8)16-19(17,18)12-7-9(13)4-5-10(12)14/h4-5,7-8,11,15-16H,2-3,6H2,1H3. The lowest BCUT2D eigenvalue weighted by molar-refractivity contribution is 0.348. The van der Waals surface area contributed by atoms with Gasteiger partial charge in [-0.1, -0.05) is 0 Å². The molecule has 0 aliphatic carbocycles. The third kappa shape index (κ3) is 3.29. The number of piperidine rings is 1. The van der Waals surface area contributed by atoms with E-state index in [-0.39, 0.29) is 12.1 Å². The van der Waals surface area contributed by atoms with Gasteiger partial charge in [-0.3, -0.25) is 0 Å². The van der Waals surface area contributed by atoms with Gasteiger partial charge >= 0.3 is 0 Å². The van der Waals surface area contributed by atoms with Crippen molar-refractivity contribution < 1.29 is 17.2 Å². The molecule has 1 saturated heterocycles. The summed E-state index contributed by atoms with van der Waals surface area (Å²) in [5, 5.41) is 3.14. The maximum absolute atomic E-state index is 13.5. The van der Waals surface area contributed by atoms with Crippen LogP contribution >= 0.6 is 0 Å². The molecule has 2 N–H and O–H groups in total. The SMILES string of the molecule is CC1NCCCC1NS(=O)(=O)c1cc(F)ccc1F. The molecule has 0 aromatic heterocycles. The van der Waals surface area contributed by atoms with Crippen molar-refractivity contribution in [1.29, 1.82) is 0 Å². The summed E-state index contributed by atoms with van der Waals surface area (Å²) in [5.74, 6) is -1.73. The molecule has 1 aliphatic heterocycles. The minimum absolute atomic E-state index is 0.0415. The fraction of sp³-hybridized carbons (Fsp3) is 0.500. The summed E-state index contributed by atoms with van der Waals surface area (Å²) in [4.78, 5) is -0.648. The maximum Gasteiger partial charge on any atom is 0.243 e. The molecule has 2 atom stereocenters. The van der Waals surface area contributed by atoms with Gasteiger partial charge in [-0.25, -0.2) is 21.9 Å². The van der Waals surface area contributed by atoms with E-state index in [2.05, 4.69) is 10.0 Å². The molecule has 7 heteroatoms. The Hall–Kier alpha value is -1.05. The summed E-state index contributed by atoms with van der Waals surface area (Å²) in [5.41, 5.74) is 0. The Kier molecular flexibility index (Phi) is 4.17. The minimum Gasteiger partial charge on any atom is -0.313 e. The van der Waals surface area contributed by atoms with E-state index < -0.39 is 26.6 Å². The van der Waals surface area contributed by atoms with E-state index in [9.17, 15) is 17.2 Å². The van der Waals surface area contributed by atoms with Gasteiger partial charge in [0.1, 0.15) is 16.5 Å². The van der Waals surface area contributed by atoms with Crippen LogP contribution in [0, 0.1) is 11.6 Å². The van der Waals surface area contributed by atoms with Gasteiger partial charge in [-0.05, 0) is 44.5 Å². The zero-order valence-corrected chi connectivity index (χ0v) is 11.3. The number of hydrogen-bond donors (Lipinski definition) is 2. The molecule has 2 rings (SSSR count). The van der Waals surface area contributed by atoms with Crippen molar-refractivity contribution in [3.63, 3.8) is 0 Å². The number of benzene rings is 1. The number of sulfonamides is 1. The lowest BCUT2D eigenvalue weighted by Crippen LogP contribution is -2.51. The predicted octanol–water partition coefficient (Wildman–Crippen LogP) is 1.38. The van der Waals surface area contributed by atoms with Gasteiger partial charge in [-0.2, -0.15) is 0 Å². The highest BCUT2D eigenvalue weighted by Gasteiger charge is 2.28. The van der Waals surface area contributed by atoms with Gasteiger partial charge in [0.2, 0.25) is 10.0 Å². The smallest absolute Gasteiger partial charge is 0.243 e. The first kappa shape index (κ1) is 14.4. The van der Waals surface area contributed by atoms with Crippen molar-refractivity contribution in [2.24, 2.45) is 0 Å². The van der Waals surface area contributed by atoms with E-state index in [0.717, 1.165) is 25.1 Å². The van der Waals surface area contributed by atoms with Crippen LogP contribution in [0.4, 0.5) is 8.78 Å². The van der Waals surface area contributed by atoms with E-state index in [1.807, 2.05) is 6.92 Å². The van der Waals surface area contributed by atoms with Crippen molar-refractivity contribution >= 4 is 10.0 Å². The maximum atomic E-state index is 13.5. The normalized spacial score (nSPS) is 24.4. The van der Waals surface area contributed by atoms with E-state index in [1.54, 1.807) is 0 Å². The molecule has 4 nitrogen and oxygen atoms in total. The van der Waals surface area contributed by atoms with Crippen molar-refractivity contribution in [2.75, 3.05) is 6.54 Å². The largest absolute Gasteiger partial charge is 0.313 e. The Morgan fingerprint density at radius 1 is 1.37 bits per heavy atom. The predicted molar refractivity (Wildman–Crippen MR) is 67.2 cm³/mol. The van der Waals surface area contributed by atoms with Gasteiger partial charge < -0.3 is 5.32 Å². The lowest BCUT2D eigenvalue weighted by atomic mass is 10.0. The molecule has 0 bridgehead atoms. The summed E-state index contributed by atoms with van der Waals surface area (Å²) >= 11 is 0. The van der Waals surface area contributed by atoms with Crippen LogP contribution in [0.2, 0.25) is 0 Å². The molecule has 0 spiro atoms. The van der Waals surface area contributed by atoms with Gasteiger partial charge in [0.25, 0.3) is 0 Å². The van der Waals surface area contributed by atoms with Gasteiger partial charge in [0.15, 0.2) is 0 Å². The molecule has 1 aromatic rings. The molecule has 1 aromatic carbocycles. The molecular formula is C12H16F2N2O2S. The monoisotopic (exact) mass is 290 g/mol. The molecule has 2 unspecified atom stereocenters. The summed E-state index contributed by atoms with van der Waals surface area (Å²) < 4.78 is 53.2. The van der Waals surface area contributed by atoms with Crippen LogP contribution in [0.25, 0.3) is 0 Å². The van der Waals surface area contributed by atoms with E-state index in [1.165, 1.54) is 0 Å². The molecule has 1 aliphatic rings. The average molecular weight is 290 g/mol. The van der Waals surface area contributed by atoms with Gasteiger partial charge in [0, 0.05) is 12.1 Å². The zero-order valence-electron chi connectivity index (χ0n) is 10.5. The Morgan fingerprint density at radius 2 is 2.11 bits per heavy atom. The first-order valence-corrected chi connectivity index (χ1v) is 7.59. The fourth-order valence-corrected chi connectivity index (χ4v) is 3.59. The lowest BCUT2D eigenvalue weighted by Gasteiger charge is -2.30. The number of halogens is 2. The number of nitrogens with one attached hydrogen (secondary N) is 2. The fourth-order valence-electron chi connectivity index (χ4n) is 2.15. The Morgan fingerprint density at radius 3 is 2.79 bits per heavy atom. The van der Waals surface area contributed by atoms with Gasteiger partial charge in [-0.15, -0.1) is 0 Å². The zero-order chi connectivity index (χ0) is 14.0. The van der Waals surface area contributed by atoms with E-state index in [4.69, 9.17) is 0 Å². The molecule has 19 heavy (non-hydrogen) atoms. The second kappa shape index (κ2) is 5.52. The quantitative estimate of drug-likeness (QED) is 0.884. The van der Waals surface area contributed by atoms with Crippen LogP contribution in [-0.4, -0.2) is 27.0 Å². The van der Waals surface area contributed by atoms with Crippen molar-refractivity contribution in [3.05, 3.63) is 29.8 Å². The van der Waals surface area contributed by atoms with E-state index in [0.29, 0.717) is 12.5 Å². The summed E-state index contributed by atoms with van der Waals surface area (Å²) in [6, 6.07) is 2.03. The van der Waals surface area contributed by atoms with Crippen LogP contribution in [0.5, 0.6) is 0 Å². The summed E-state index contributed by atoms with van der Waals surface area (Å²) in [6.45, 7) is 2.68. The van der Waals surface area contributed by atoms with Crippen LogP contribution in [0.1, 0.15) is 19.8 Å². The highest BCUT2D eigenvalue weighted by Crippen LogP contribution is 2.18. The van der Waals surface area contributed by atoms with Crippen molar-refractivity contribution in [2.45, 2.75) is 36.7 Å². The van der Waals surface area contributed by atoms with Crippen LogP contribution in [-0.2, 0) is 10.0 Å². The van der Waals surface area contributed by atoms with E-state index >= 15 is 0 Å². The van der Waals surface area contributed by atoms with Crippen molar-refractivity contribution in [1.82, 2.24) is 10.0 Å².